The molecule has 0 unspecified atom stereocenters. The molecule has 1 saturated heterocycles. The molecule has 0 aliphatic carbocycles. The van der Waals surface area contributed by atoms with Crippen LogP contribution in [0.15, 0.2) is 0 Å². The maximum absolute atomic E-state index is 11.0. The van der Waals surface area contributed by atoms with Gasteiger partial charge in [-0.2, -0.15) is 12.6 Å². The number of rotatable bonds is 4. The van der Waals surface area contributed by atoms with E-state index in [4.69, 9.17) is 0 Å². The fourth-order valence-electron chi connectivity index (χ4n) is 0.979. The van der Waals surface area contributed by atoms with Crippen molar-refractivity contribution in [2.45, 2.75) is 12.8 Å². The Bertz CT molecular complexity index is 180. The number of imide groups is 1. The van der Waals surface area contributed by atoms with Crippen molar-refractivity contribution in [2.75, 3.05) is 18.1 Å². The molecule has 3 nitrogen and oxygen atoms in total. The topological polar surface area (TPSA) is 37.4 Å². The molecule has 1 aliphatic heterocycles. The van der Waals surface area contributed by atoms with Gasteiger partial charge in [0.25, 0.3) is 5.24 Å². The van der Waals surface area contributed by atoms with Gasteiger partial charge in [-0.3, -0.25) is 14.5 Å². The van der Waals surface area contributed by atoms with Gasteiger partial charge in [0, 0.05) is 6.54 Å². The molecule has 0 radical (unpaired) electrons. The number of amides is 2. The molecule has 12 heavy (non-hydrogen) atoms. The minimum Gasteiger partial charge on any atom is -0.273 e. The minimum atomic E-state index is -0.0980. The van der Waals surface area contributed by atoms with Gasteiger partial charge in [0.05, 0.1) is 5.75 Å². The highest BCUT2D eigenvalue weighted by atomic mass is 32.2. The van der Waals surface area contributed by atoms with Gasteiger partial charge in [0.1, 0.15) is 0 Å². The van der Waals surface area contributed by atoms with E-state index in [0.29, 0.717) is 12.3 Å². The van der Waals surface area contributed by atoms with Crippen LogP contribution in [-0.4, -0.2) is 34.1 Å². The number of carbonyl (C=O) groups excluding carboxylic acids is 2. The third-order valence-electron chi connectivity index (χ3n) is 1.63. The van der Waals surface area contributed by atoms with Gasteiger partial charge in [-0.25, -0.2) is 0 Å². The van der Waals surface area contributed by atoms with Crippen LogP contribution in [-0.2, 0) is 4.79 Å². The smallest absolute Gasteiger partial charge is 0.273 e. The van der Waals surface area contributed by atoms with E-state index in [1.165, 1.54) is 4.90 Å². The van der Waals surface area contributed by atoms with Crippen molar-refractivity contribution in [2.24, 2.45) is 0 Å². The van der Waals surface area contributed by atoms with Crippen LogP contribution < -0.4 is 0 Å². The molecule has 0 saturated carbocycles. The van der Waals surface area contributed by atoms with Crippen molar-refractivity contribution in [3.05, 3.63) is 0 Å². The first-order valence-corrected chi connectivity index (χ1v) is 5.45. The van der Waals surface area contributed by atoms with Gasteiger partial charge in [-0.05, 0) is 18.6 Å². The van der Waals surface area contributed by atoms with E-state index in [-0.39, 0.29) is 11.1 Å². The highest BCUT2D eigenvalue weighted by molar-refractivity contribution is 8.14. The van der Waals surface area contributed by atoms with Gasteiger partial charge >= 0.3 is 0 Å². The highest BCUT2D eigenvalue weighted by Gasteiger charge is 2.28. The maximum Gasteiger partial charge on any atom is 0.288 e. The molecular formula is C7H11NO2S2. The molecule has 1 fully saturated rings. The van der Waals surface area contributed by atoms with Crippen LogP contribution in [0.5, 0.6) is 0 Å². The molecule has 1 heterocycles. The zero-order valence-corrected chi connectivity index (χ0v) is 8.37. The van der Waals surface area contributed by atoms with Gasteiger partial charge in [-0.15, -0.1) is 0 Å². The normalized spacial score (nSPS) is 17.6. The van der Waals surface area contributed by atoms with Crippen molar-refractivity contribution >= 4 is 35.5 Å². The van der Waals surface area contributed by atoms with Crippen molar-refractivity contribution < 1.29 is 9.59 Å². The first-order valence-electron chi connectivity index (χ1n) is 3.83. The lowest BCUT2D eigenvalue weighted by Crippen LogP contribution is -2.29. The molecule has 0 N–H and O–H groups in total. The molecule has 0 aromatic heterocycles. The number of thiol groups is 1. The summed E-state index contributed by atoms with van der Waals surface area (Å²) in [6.07, 6.45) is 1.81. The molecule has 1 rings (SSSR count). The predicted molar refractivity (Wildman–Crippen MR) is 52.7 cm³/mol. The third-order valence-corrected chi connectivity index (χ3v) is 2.81. The number of carbonyl (C=O) groups is 2. The summed E-state index contributed by atoms with van der Waals surface area (Å²) in [5.74, 6) is 1.08. The molecule has 68 valence electrons. The Hall–Kier alpha value is -0.160. The van der Waals surface area contributed by atoms with E-state index < -0.39 is 0 Å². The highest BCUT2D eigenvalue weighted by Crippen LogP contribution is 2.18. The molecule has 0 atom stereocenters. The van der Waals surface area contributed by atoms with Crippen LogP contribution in [0, 0.1) is 0 Å². The molecule has 2 amide bonds. The summed E-state index contributed by atoms with van der Waals surface area (Å²) in [5, 5.41) is -0.0980. The Morgan fingerprint density at radius 1 is 1.42 bits per heavy atom. The summed E-state index contributed by atoms with van der Waals surface area (Å²) in [6, 6.07) is 0. The van der Waals surface area contributed by atoms with Gasteiger partial charge in [-0.1, -0.05) is 11.8 Å². The summed E-state index contributed by atoms with van der Waals surface area (Å²) in [5.41, 5.74) is 0. The van der Waals surface area contributed by atoms with Gasteiger partial charge in [0.2, 0.25) is 5.91 Å². The lowest BCUT2D eigenvalue weighted by atomic mass is 10.3. The first kappa shape index (κ1) is 9.92. The molecule has 0 aromatic rings. The van der Waals surface area contributed by atoms with Crippen LogP contribution in [0.1, 0.15) is 12.8 Å². The van der Waals surface area contributed by atoms with Crippen LogP contribution in [0.3, 0.4) is 0 Å². The number of unbranched alkanes of at least 4 members (excludes halogenated alkanes) is 1. The molecule has 5 heteroatoms. The van der Waals surface area contributed by atoms with Crippen molar-refractivity contribution in [1.82, 2.24) is 4.90 Å². The van der Waals surface area contributed by atoms with Crippen molar-refractivity contribution in [3.63, 3.8) is 0 Å². The summed E-state index contributed by atoms with van der Waals surface area (Å²) < 4.78 is 0. The number of thioether (sulfide) groups is 1. The van der Waals surface area contributed by atoms with Gasteiger partial charge in [0.15, 0.2) is 0 Å². The summed E-state index contributed by atoms with van der Waals surface area (Å²) >= 11 is 5.14. The lowest BCUT2D eigenvalue weighted by Gasteiger charge is -2.11. The average Bonchev–Trinajstić information content (AvgIpc) is 2.35. The Labute approximate surface area is 81.3 Å². The van der Waals surface area contributed by atoms with Gasteiger partial charge < -0.3 is 0 Å². The van der Waals surface area contributed by atoms with E-state index in [0.717, 1.165) is 30.4 Å². The second-order valence-electron chi connectivity index (χ2n) is 2.53. The Morgan fingerprint density at radius 3 is 2.67 bits per heavy atom. The summed E-state index contributed by atoms with van der Waals surface area (Å²) in [4.78, 5) is 23.4. The number of hydrogen-bond donors (Lipinski definition) is 1. The lowest BCUT2D eigenvalue weighted by molar-refractivity contribution is -0.124. The van der Waals surface area contributed by atoms with Crippen LogP contribution in [0.25, 0.3) is 0 Å². The third kappa shape index (κ3) is 2.42. The van der Waals surface area contributed by atoms with Crippen LogP contribution in [0.4, 0.5) is 4.79 Å². The van der Waals surface area contributed by atoms with Crippen molar-refractivity contribution in [3.8, 4) is 0 Å². The molecule has 0 aromatic carbocycles. The SMILES string of the molecule is O=C1CSC(=O)N1CCCCS. The summed E-state index contributed by atoms with van der Waals surface area (Å²) in [6.45, 7) is 0.561. The predicted octanol–water partition coefficient (Wildman–Crippen LogP) is 1.39. The quantitative estimate of drug-likeness (QED) is 0.556. The molecular weight excluding hydrogens is 194 g/mol. The standard InChI is InChI=1S/C7H11NO2S2/c9-6-5-12-7(10)8(6)3-1-2-4-11/h11H,1-5H2. The molecule has 1 aliphatic rings. The maximum atomic E-state index is 11.0. The fourth-order valence-corrected chi connectivity index (χ4v) is 1.95. The van der Waals surface area contributed by atoms with E-state index in [2.05, 4.69) is 12.6 Å². The molecule has 0 spiro atoms. The van der Waals surface area contributed by atoms with Crippen LogP contribution in [0.2, 0.25) is 0 Å². The Kier molecular flexibility index (Phi) is 3.94. The van der Waals surface area contributed by atoms with E-state index in [9.17, 15) is 9.59 Å². The van der Waals surface area contributed by atoms with E-state index >= 15 is 0 Å². The largest absolute Gasteiger partial charge is 0.288 e. The second-order valence-corrected chi connectivity index (χ2v) is 3.90. The first-order chi connectivity index (χ1) is 5.75. The monoisotopic (exact) mass is 205 g/mol. The number of hydrogen-bond acceptors (Lipinski definition) is 4. The fraction of sp³-hybridized carbons (Fsp3) is 0.714. The van der Waals surface area contributed by atoms with E-state index in [1.54, 1.807) is 0 Å². The van der Waals surface area contributed by atoms with Crippen LogP contribution >= 0.6 is 24.4 Å². The summed E-state index contributed by atoms with van der Waals surface area (Å²) in [7, 11) is 0. The number of nitrogens with zero attached hydrogens (tertiary/aromatic N) is 1. The zero-order chi connectivity index (χ0) is 8.97. The minimum absolute atomic E-state index is 0.0517. The average molecular weight is 205 g/mol. The second kappa shape index (κ2) is 4.77. The van der Waals surface area contributed by atoms with E-state index in [1.807, 2.05) is 0 Å². The van der Waals surface area contributed by atoms with Crippen molar-refractivity contribution in [1.29, 1.82) is 0 Å². The Morgan fingerprint density at radius 2 is 2.17 bits per heavy atom. The zero-order valence-electron chi connectivity index (χ0n) is 6.65. The Balaban J connectivity index is 2.30. The molecule has 0 bridgehead atoms.